The van der Waals surface area contributed by atoms with Gasteiger partial charge >= 0.3 is 7.60 Å². The van der Waals surface area contributed by atoms with Crippen LogP contribution in [0.1, 0.15) is 19.8 Å². The molecule has 70 valence electrons. The summed E-state index contributed by atoms with van der Waals surface area (Å²) in [7, 11) is -4.04. The van der Waals surface area contributed by atoms with E-state index in [-0.39, 0.29) is 5.44 Å². The van der Waals surface area contributed by atoms with Crippen LogP contribution in [0.2, 0.25) is 0 Å². The van der Waals surface area contributed by atoms with Crippen molar-refractivity contribution in [2.24, 2.45) is 0 Å². The zero-order chi connectivity index (χ0) is 9.19. The van der Waals surface area contributed by atoms with E-state index in [0.29, 0.717) is 0 Å². The fourth-order valence-corrected chi connectivity index (χ4v) is 2.39. The Labute approximate surface area is 72.0 Å². The molecule has 1 aliphatic heterocycles. The van der Waals surface area contributed by atoms with Gasteiger partial charge < -0.3 is 14.7 Å². The minimum absolute atomic E-state index is 0.181. The fraction of sp³-hybridized carbons (Fsp3) is 0.714. The van der Waals surface area contributed by atoms with Gasteiger partial charge in [-0.1, -0.05) is 6.08 Å². The quantitative estimate of drug-likeness (QED) is 0.642. The molecule has 12 heavy (non-hydrogen) atoms. The lowest BCUT2D eigenvalue weighted by molar-refractivity contribution is 0.349. The molecular formula is C7H14NO3P. The summed E-state index contributed by atoms with van der Waals surface area (Å²) in [5.74, 6) is 0. The minimum atomic E-state index is -4.04. The molecule has 0 aliphatic carbocycles. The third kappa shape index (κ3) is 2.09. The third-order valence-corrected chi connectivity index (χ3v) is 3.12. The molecule has 0 amide bonds. The Balaban J connectivity index is 2.76. The van der Waals surface area contributed by atoms with Crippen molar-refractivity contribution in [2.75, 3.05) is 13.1 Å². The van der Waals surface area contributed by atoms with E-state index in [4.69, 9.17) is 9.79 Å². The van der Waals surface area contributed by atoms with E-state index in [2.05, 4.69) is 0 Å². The first kappa shape index (κ1) is 9.78. The van der Waals surface area contributed by atoms with Crippen LogP contribution < -0.4 is 0 Å². The number of nitrogens with zero attached hydrogens (tertiary/aromatic N) is 1. The molecule has 0 bridgehead atoms. The molecule has 0 unspecified atom stereocenters. The maximum Gasteiger partial charge on any atom is 0.371 e. The van der Waals surface area contributed by atoms with Crippen LogP contribution in [0, 0.1) is 0 Å². The summed E-state index contributed by atoms with van der Waals surface area (Å²) in [6, 6.07) is 0. The molecule has 1 aliphatic rings. The standard InChI is InChI=1S/C7H14NO3P/c1-2-7(12(9,10)11)8-5-3-4-6-8/h2H,3-6H2,1H3,(H2,9,10,11). The zero-order valence-corrected chi connectivity index (χ0v) is 8.00. The SMILES string of the molecule is CC=C(N1CCCC1)P(=O)(O)O. The molecule has 0 aromatic carbocycles. The summed E-state index contributed by atoms with van der Waals surface area (Å²) in [5.41, 5.74) is 0.181. The van der Waals surface area contributed by atoms with Gasteiger partial charge in [0.15, 0.2) is 0 Å². The lowest BCUT2D eigenvalue weighted by Gasteiger charge is -2.21. The molecule has 4 nitrogen and oxygen atoms in total. The molecular weight excluding hydrogens is 177 g/mol. The van der Waals surface area contributed by atoms with Gasteiger partial charge in [-0.05, 0) is 19.8 Å². The van der Waals surface area contributed by atoms with Gasteiger partial charge in [0, 0.05) is 13.1 Å². The first-order valence-corrected chi connectivity index (χ1v) is 5.64. The average molecular weight is 191 g/mol. The smallest absolute Gasteiger partial charge is 0.365 e. The van der Waals surface area contributed by atoms with Crippen LogP contribution in [-0.2, 0) is 4.57 Å². The topological polar surface area (TPSA) is 60.8 Å². The van der Waals surface area contributed by atoms with Crippen molar-refractivity contribution in [1.29, 1.82) is 0 Å². The monoisotopic (exact) mass is 191 g/mol. The summed E-state index contributed by atoms with van der Waals surface area (Å²) in [6.45, 7) is 3.20. The first-order valence-electron chi connectivity index (χ1n) is 4.03. The van der Waals surface area contributed by atoms with E-state index in [1.165, 1.54) is 6.08 Å². The average Bonchev–Trinajstić information content (AvgIpc) is 2.38. The van der Waals surface area contributed by atoms with Crippen molar-refractivity contribution in [2.45, 2.75) is 19.8 Å². The molecule has 1 heterocycles. The molecule has 0 radical (unpaired) electrons. The van der Waals surface area contributed by atoms with Crippen molar-refractivity contribution in [3.8, 4) is 0 Å². The highest BCUT2D eigenvalue weighted by Gasteiger charge is 2.27. The number of allylic oxidation sites excluding steroid dienone is 1. The second-order valence-electron chi connectivity index (χ2n) is 2.89. The van der Waals surface area contributed by atoms with Crippen LogP contribution in [0.5, 0.6) is 0 Å². The molecule has 0 aromatic rings. The highest BCUT2D eigenvalue weighted by Crippen LogP contribution is 2.47. The van der Waals surface area contributed by atoms with Gasteiger partial charge in [-0.2, -0.15) is 0 Å². The number of likely N-dealkylation sites (tertiary alicyclic amines) is 1. The van der Waals surface area contributed by atoms with E-state index < -0.39 is 7.60 Å². The Hall–Kier alpha value is -0.310. The summed E-state index contributed by atoms with van der Waals surface area (Å²) in [4.78, 5) is 19.6. The van der Waals surface area contributed by atoms with Crippen molar-refractivity contribution in [3.05, 3.63) is 11.5 Å². The van der Waals surface area contributed by atoms with Crippen LogP contribution in [0.15, 0.2) is 11.5 Å². The molecule has 0 spiro atoms. The van der Waals surface area contributed by atoms with E-state index in [1.54, 1.807) is 11.8 Å². The normalized spacial score (nSPS) is 20.2. The molecule has 1 rings (SSSR count). The van der Waals surface area contributed by atoms with Crippen LogP contribution in [0.4, 0.5) is 0 Å². The largest absolute Gasteiger partial charge is 0.371 e. The highest BCUT2D eigenvalue weighted by atomic mass is 31.2. The van der Waals surface area contributed by atoms with Gasteiger partial charge in [0.1, 0.15) is 5.44 Å². The molecule has 1 fully saturated rings. The first-order chi connectivity index (χ1) is 5.55. The van der Waals surface area contributed by atoms with E-state index >= 15 is 0 Å². The predicted octanol–water partition coefficient (Wildman–Crippen LogP) is 1.12. The van der Waals surface area contributed by atoms with Crippen molar-refractivity contribution < 1.29 is 14.4 Å². The summed E-state index contributed by atoms with van der Waals surface area (Å²) in [5, 5.41) is 0. The van der Waals surface area contributed by atoms with Crippen LogP contribution in [0.25, 0.3) is 0 Å². The maximum absolute atomic E-state index is 10.9. The second kappa shape index (κ2) is 3.60. The van der Waals surface area contributed by atoms with E-state index in [9.17, 15) is 4.57 Å². The van der Waals surface area contributed by atoms with E-state index in [1.807, 2.05) is 0 Å². The van der Waals surface area contributed by atoms with Crippen LogP contribution >= 0.6 is 7.60 Å². The van der Waals surface area contributed by atoms with Gasteiger partial charge in [-0.3, -0.25) is 4.57 Å². The summed E-state index contributed by atoms with van der Waals surface area (Å²) in [6.07, 6.45) is 3.56. The summed E-state index contributed by atoms with van der Waals surface area (Å²) >= 11 is 0. The lowest BCUT2D eigenvalue weighted by Crippen LogP contribution is -2.18. The number of hydrogen-bond acceptors (Lipinski definition) is 2. The Morgan fingerprint density at radius 3 is 2.25 bits per heavy atom. The maximum atomic E-state index is 10.9. The Morgan fingerprint density at radius 2 is 1.92 bits per heavy atom. The van der Waals surface area contributed by atoms with Crippen molar-refractivity contribution in [1.82, 2.24) is 4.90 Å². The Morgan fingerprint density at radius 1 is 1.42 bits per heavy atom. The molecule has 0 aromatic heterocycles. The molecule has 2 N–H and O–H groups in total. The molecule has 0 atom stereocenters. The summed E-state index contributed by atoms with van der Waals surface area (Å²) < 4.78 is 10.9. The van der Waals surface area contributed by atoms with Crippen molar-refractivity contribution >= 4 is 7.60 Å². The molecule has 0 saturated carbocycles. The van der Waals surface area contributed by atoms with Gasteiger partial charge in [-0.15, -0.1) is 0 Å². The van der Waals surface area contributed by atoms with Crippen LogP contribution in [-0.4, -0.2) is 27.8 Å². The Bertz CT molecular complexity index is 227. The highest BCUT2D eigenvalue weighted by molar-refractivity contribution is 7.56. The van der Waals surface area contributed by atoms with Crippen molar-refractivity contribution in [3.63, 3.8) is 0 Å². The van der Waals surface area contributed by atoms with Gasteiger partial charge in [0.25, 0.3) is 0 Å². The predicted molar refractivity (Wildman–Crippen MR) is 46.6 cm³/mol. The minimum Gasteiger partial charge on any atom is -0.365 e. The van der Waals surface area contributed by atoms with Crippen LogP contribution in [0.3, 0.4) is 0 Å². The molecule has 5 heteroatoms. The zero-order valence-electron chi connectivity index (χ0n) is 7.10. The number of hydrogen-bond donors (Lipinski definition) is 2. The van der Waals surface area contributed by atoms with Gasteiger partial charge in [0.05, 0.1) is 0 Å². The fourth-order valence-electron chi connectivity index (χ4n) is 1.48. The molecule has 1 saturated heterocycles. The number of rotatable bonds is 2. The third-order valence-electron chi connectivity index (χ3n) is 1.99. The van der Waals surface area contributed by atoms with E-state index in [0.717, 1.165) is 25.9 Å². The Kier molecular flexibility index (Phi) is 2.94. The second-order valence-corrected chi connectivity index (χ2v) is 4.43. The van der Waals surface area contributed by atoms with Gasteiger partial charge in [0.2, 0.25) is 0 Å². The van der Waals surface area contributed by atoms with Gasteiger partial charge in [-0.25, -0.2) is 0 Å². The lowest BCUT2D eigenvalue weighted by atomic mass is 10.4.